The van der Waals surface area contributed by atoms with Crippen LogP contribution in [0.15, 0.2) is 24.3 Å². The van der Waals surface area contributed by atoms with Crippen LogP contribution >= 0.6 is 0 Å². The Morgan fingerprint density at radius 3 is 1.26 bits per heavy atom. The largest absolute Gasteiger partial charge is 0.427 e. The molecule has 0 radical (unpaired) electrons. The van der Waals surface area contributed by atoms with Crippen LogP contribution < -0.4 is 9.47 Å². The Hall–Kier alpha value is -1.92. The summed E-state index contributed by atoms with van der Waals surface area (Å²) in [7, 11) is 0. The summed E-state index contributed by atoms with van der Waals surface area (Å²) in [5, 5.41) is 0. The Morgan fingerprint density at radius 2 is 0.912 bits per heavy atom. The minimum Gasteiger partial charge on any atom is -0.427 e. The van der Waals surface area contributed by atoms with Crippen molar-refractivity contribution < 1.29 is 28.5 Å². The molecule has 0 bridgehead atoms. The average Bonchev–Trinajstić information content (AvgIpc) is 3.74. The van der Waals surface area contributed by atoms with Crippen molar-refractivity contribution in [3.63, 3.8) is 0 Å². The SMILES string of the molecule is O=C(CCCCCCCCC1CO1)Oc1ccc(OC(=O)CCCCCCCCC2CO2)cc1. The van der Waals surface area contributed by atoms with Gasteiger partial charge in [0, 0.05) is 12.8 Å². The molecule has 0 saturated carbocycles. The van der Waals surface area contributed by atoms with Crippen LogP contribution in [0.4, 0.5) is 0 Å². The molecule has 2 saturated heterocycles. The summed E-state index contributed by atoms with van der Waals surface area (Å²) in [4.78, 5) is 24.1. The molecule has 2 fully saturated rings. The number of hydrogen-bond donors (Lipinski definition) is 0. The van der Waals surface area contributed by atoms with Crippen molar-refractivity contribution in [2.75, 3.05) is 13.2 Å². The number of ether oxygens (including phenoxy) is 4. The number of esters is 2. The van der Waals surface area contributed by atoms with E-state index >= 15 is 0 Å². The van der Waals surface area contributed by atoms with Crippen molar-refractivity contribution in [2.45, 2.75) is 115 Å². The van der Waals surface area contributed by atoms with E-state index in [1.165, 1.54) is 51.4 Å². The lowest BCUT2D eigenvalue weighted by atomic mass is 10.1. The first-order chi connectivity index (χ1) is 16.7. The van der Waals surface area contributed by atoms with Crippen molar-refractivity contribution in [3.05, 3.63) is 24.3 Å². The zero-order valence-electron chi connectivity index (χ0n) is 20.6. The second kappa shape index (κ2) is 15.9. The third-order valence-electron chi connectivity index (χ3n) is 6.41. The maximum Gasteiger partial charge on any atom is 0.311 e. The molecular weight excluding hydrogens is 432 g/mol. The first-order valence-electron chi connectivity index (χ1n) is 13.4. The molecule has 190 valence electrons. The maximum atomic E-state index is 12.0. The van der Waals surface area contributed by atoms with Gasteiger partial charge in [-0.1, -0.05) is 64.2 Å². The van der Waals surface area contributed by atoms with Crippen LogP contribution in [-0.4, -0.2) is 37.4 Å². The first kappa shape index (κ1) is 26.7. The van der Waals surface area contributed by atoms with Gasteiger partial charge >= 0.3 is 11.9 Å². The second-order valence-electron chi connectivity index (χ2n) is 9.65. The summed E-state index contributed by atoms with van der Waals surface area (Å²) in [6, 6.07) is 6.71. The lowest BCUT2D eigenvalue weighted by molar-refractivity contribution is -0.135. The monoisotopic (exact) mass is 474 g/mol. The highest BCUT2D eigenvalue weighted by Gasteiger charge is 2.21. The van der Waals surface area contributed by atoms with Crippen molar-refractivity contribution in [3.8, 4) is 11.5 Å². The van der Waals surface area contributed by atoms with Crippen molar-refractivity contribution in [1.82, 2.24) is 0 Å². The molecule has 1 aromatic rings. The van der Waals surface area contributed by atoms with E-state index in [4.69, 9.17) is 18.9 Å². The van der Waals surface area contributed by atoms with E-state index in [1.807, 2.05) is 0 Å². The molecular formula is C28H42O6. The molecule has 2 aliphatic rings. The third kappa shape index (κ3) is 13.1. The van der Waals surface area contributed by atoms with Gasteiger partial charge in [0.2, 0.25) is 0 Å². The summed E-state index contributed by atoms with van der Waals surface area (Å²) in [5.41, 5.74) is 0. The first-order valence-corrected chi connectivity index (χ1v) is 13.4. The number of epoxide rings is 2. The van der Waals surface area contributed by atoms with E-state index < -0.39 is 0 Å². The Kier molecular flexibility index (Phi) is 12.5. The number of hydrogen-bond acceptors (Lipinski definition) is 6. The lowest BCUT2D eigenvalue weighted by Gasteiger charge is -2.07. The van der Waals surface area contributed by atoms with Gasteiger partial charge in [0.15, 0.2) is 0 Å². The van der Waals surface area contributed by atoms with E-state index in [9.17, 15) is 9.59 Å². The molecule has 2 heterocycles. The number of carbonyl (C=O) groups excluding carboxylic acids is 2. The van der Waals surface area contributed by atoms with Crippen molar-refractivity contribution in [1.29, 1.82) is 0 Å². The van der Waals surface area contributed by atoms with Gasteiger partial charge in [0.1, 0.15) is 11.5 Å². The standard InChI is InChI=1S/C28H42O6/c29-27(15-11-7-3-1-5-9-13-25-21-31-25)33-23-17-19-24(20-18-23)34-28(30)16-12-8-4-2-6-10-14-26-22-32-26/h17-20,25-26H,1-16,21-22H2. The van der Waals surface area contributed by atoms with Crippen molar-refractivity contribution >= 4 is 11.9 Å². The highest BCUT2D eigenvalue weighted by molar-refractivity contribution is 5.73. The molecule has 6 nitrogen and oxygen atoms in total. The molecule has 0 aliphatic carbocycles. The van der Waals surface area contributed by atoms with Gasteiger partial charge < -0.3 is 18.9 Å². The van der Waals surface area contributed by atoms with Crippen molar-refractivity contribution in [2.24, 2.45) is 0 Å². The highest BCUT2D eigenvalue weighted by atomic mass is 16.6. The van der Waals surface area contributed by atoms with Crippen LogP contribution in [-0.2, 0) is 19.1 Å². The Labute approximate surface area is 204 Å². The zero-order chi connectivity index (χ0) is 23.8. The molecule has 0 aromatic heterocycles. The van der Waals surface area contributed by atoms with Crippen LogP contribution in [0, 0.1) is 0 Å². The van der Waals surface area contributed by atoms with Crippen LogP contribution in [0.25, 0.3) is 0 Å². The Morgan fingerprint density at radius 1 is 0.588 bits per heavy atom. The Bertz CT molecular complexity index is 647. The van der Waals surface area contributed by atoms with E-state index in [0.29, 0.717) is 36.5 Å². The maximum absolute atomic E-state index is 12.0. The fourth-order valence-corrected chi connectivity index (χ4v) is 4.11. The zero-order valence-corrected chi connectivity index (χ0v) is 20.6. The summed E-state index contributed by atoms with van der Waals surface area (Å²) in [5.74, 6) is 0.550. The molecule has 2 unspecified atom stereocenters. The molecule has 2 atom stereocenters. The van der Waals surface area contributed by atoms with E-state index in [-0.39, 0.29) is 11.9 Å². The molecule has 0 N–H and O–H groups in total. The lowest BCUT2D eigenvalue weighted by Crippen LogP contribution is -2.09. The summed E-state index contributed by atoms with van der Waals surface area (Å²) < 4.78 is 21.2. The van der Waals surface area contributed by atoms with Gasteiger partial charge in [-0.05, 0) is 49.9 Å². The van der Waals surface area contributed by atoms with Gasteiger partial charge in [-0.2, -0.15) is 0 Å². The Balaban J connectivity index is 1.14. The fourth-order valence-electron chi connectivity index (χ4n) is 4.11. The number of unbranched alkanes of at least 4 members (excludes halogenated alkanes) is 10. The molecule has 0 spiro atoms. The average molecular weight is 475 g/mol. The molecule has 1 aromatic carbocycles. The van der Waals surface area contributed by atoms with Gasteiger partial charge in [-0.15, -0.1) is 0 Å². The highest BCUT2D eigenvalue weighted by Crippen LogP contribution is 2.21. The molecule has 3 rings (SSSR count). The van der Waals surface area contributed by atoms with Crippen LogP contribution in [0.5, 0.6) is 11.5 Å². The predicted octanol–water partition coefficient (Wildman–Crippen LogP) is 6.54. The normalized spacial score (nSPS) is 18.5. The molecule has 34 heavy (non-hydrogen) atoms. The molecule has 6 heteroatoms. The molecule has 0 amide bonds. The second-order valence-corrected chi connectivity index (χ2v) is 9.65. The minimum atomic E-state index is -0.212. The van der Waals surface area contributed by atoms with E-state index in [2.05, 4.69) is 0 Å². The quantitative estimate of drug-likeness (QED) is 0.0924. The minimum absolute atomic E-state index is 0.212. The van der Waals surface area contributed by atoms with Crippen LogP contribution in [0.1, 0.15) is 103 Å². The van der Waals surface area contributed by atoms with Gasteiger partial charge in [-0.3, -0.25) is 9.59 Å². The van der Waals surface area contributed by atoms with Gasteiger partial charge in [0.05, 0.1) is 25.4 Å². The van der Waals surface area contributed by atoms with Crippen LogP contribution in [0.3, 0.4) is 0 Å². The molecule has 2 aliphatic heterocycles. The van der Waals surface area contributed by atoms with Gasteiger partial charge in [0.25, 0.3) is 0 Å². The number of carbonyl (C=O) groups is 2. The fraction of sp³-hybridized carbons (Fsp3) is 0.714. The summed E-state index contributed by atoms with van der Waals surface area (Å²) in [6.07, 6.45) is 17.9. The number of rotatable bonds is 20. The van der Waals surface area contributed by atoms with Crippen LogP contribution in [0.2, 0.25) is 0 Å². The van der Waals surface area contributed by atoms with E-state index in [0.717, 1.165) is 51.7 Å². The number of benzene rings is 1. The van der Waals surface area contributed by atoms with E-state index in [1.54, 1.807) is 24.3 Å². The summed E-state index contributed by atoms with van der Waals surface area (Å²) >= 11 is 0. The predicted molar refractivity (Wildman–Crippen MR) is 131 cm³/mol. The third-order valence-corrected chi connectivity index (χ3v) is 6.41. The summed E-state index contributed by atoms with van der Waals surface area (Å²) in [6.45, 7) is 1.90. The smallest absolute Gasteiger partial charge is 0.311 e. The topological polar surface area (TPSA) is 77.7 Å². The van der Waals surface area contributed by atoms with Gasteiger partial charge in [-0.25, -0.2) is 0 Å².